The normalized spacial score (nSPS) is 10.2. The summed E-state index contributed by atoms with van der Waals surface area (Å²) in [5.74, 6) is -0.0951. The quantitative estimate of drug-likeness (QED) is 0.756. The van der Waals surface area contributed by atoms with E-state index in [0.29, 0.717) is 17.1 Å². The van der Waals surface area contributed by atoms with E-state index in [4.69, 9.17) is 11.6 Å². The van der Waals surface area contributed by atoms with Crippen molar-refractivity contribution >= 4 is 17.5 Å². The monoisotopic (exact) mass is 238 g/mol. The van der Waals surface area contributed by atoms with Gasteiger partial charge < -0.3 is 4.90 Å². The molecule has 0 radical (unpaired) electrons. The average Bonchev–Trinajstić information content (AvgIpc) is 2.25. The van der Waals surface area contributed by atoms with E-state index in [2.05, 4.69) is 11.6 Å². The van der Waals surface area contributed by atoms with Crippen molar-refractivity contribution in [1.29, 1.82) is 0 Å². The van der Waals surface area contributed by atoms with Crippen LogP contribution in [0.25, 0.3) is 0 Å². The van der Waals surface area contributed by atoms with Crippen molar-refractivity contribution in [2.24, 2.45) is 0 Å². The molecule has 1 aromatic rings. The number of nitrogens with zero attached hydrogens (tertiary/aromatic N) is 2. The van der Waals surface area contributed by atoms with Crippen molar-refractivity contribution in [1.82, 2.24) is 9.88 Å². The van der Waals surface area contributed by atoms with Crippen LogP contribution in [-0.4, -0.2) is 28.4 Å². The number of rotatable bonds is 4. The number of amides is 1. The fourth-order valence-corrected chi connectivity index (χ4v) is 1.57. The van der Waals surface area contributed by atoms with Crippen molar-refractivity contribution in [3.8, 4) is 0 Å². The van der Waals surface area contributed by atoms with Crippen molar-refractivity contribution in [3.05, 3.63) is 41.7 Å². The number of hydrogen-bond donors (Lipinski definition) is 0. The molecule has 0 unspecified atom stereocenters. The number of hydrogen-bond acceptors (Lipinski definition) is 2. The summed E-state index contributed by atoms with van der Waals surface area (Å²) in [6, 6.07) is 1.73. The summed E-state index contributed by atoms with van der Waals surface area (Å²) >= 11 is 5.93. The highest BCUT2D eigenvalue weighted by atomic mass is 35.5. The minimum Gasteiger partial charge on any atom is -0.332 e. The zero-order valence-corrected chi connectivity index (χ0v) is 10.2. The molecule has 0 fully saturated rings. The lowest BCUT2D eigenvalue weighted by molar-refractivity contribution is 0.0729. The van der Waals surface area contributed by atoms with Gasteiger partial charge in [-0.05, 0) is 19.9 Å². The molecule has 3 nitrogen and oxygen atoms in total. The second-order valence-corrected chi connectivity index (χ2v) is 4.10. The van der Waals surface area contributed by atoms with Crippen LogP contribution in [0.2, 0.25) is 5.02 Å². The highest BCUT2D eigenvalue weighted by Gasteiger charge is 2.19. The molecular formula is C12H15ClN2O. The fourth-order valence-electron chi connectivity index (χ4n) is 1.37. The maximum atomic E-state index is 12.2. The van der Waals surface area contributed by atoms with Crippen LogP contribution in [0.3, 0.4) is 0 Å². The van der Waals surface area contributed by atoms with E-state index in [9.17, 15) is 4.79 Å². The summed E-state index contributed by atoms with van der Waals surface area (Å²) < 4.78 is 0. The van der Waals surface area contributed by atoms with Crippen LogP contribution in [0.4, 0.5) is 0 Å². The number of carbonyl (C=O) groups is 1. The van der Waals surface area contributed by atoms with Gasteiger partial charge in [-0.2, -0.15) is 0 Å². The van der Waals surface area contributed by atoms with Crippen LogP contribution in [-0.2, 0) is 0 Å². The Morgan fingerprint density at radius 3 is 2.88 bits per heavy atom. The van der Waals surface area contributed by atoms with E-state index < -0.39 is 0 Å². The van der Waals surface area contributed by atoms with Gasteiger partial charge in [0.25, 0.3) is 5.91 Å². The smallest absolute Gasteiger partial charge is 0.255 e. The largest absolute Gasteiger partial charge is 0.332 e. The summed E-state index contributed by atoms with van der Waals surface area (Å²) in [5, 5.41) is 0.377. The number of aromatic nitrogens is 1. The van der Waals surface area contributed by atoms with Crippen LogP contribution >= 0.6 is 11.6 Å². The van der Waals surface area contributed by atoms with Gasteiger partial charge in [0.15, 0.2) is 0 Å². The topological polar surface area (TPSA) is 33.2 Å². The molecule has 0 spiro atoms. The lowest BCUT2D eigenvalue weighted by Crippen LogP contribution is -2.37. The van der Waals surface area contributed by atoms with Gasteiger partial charge in [0.2, 0.25) is 0 Å². The van der Waals surface area contributed by atoms with Gasteiger partial charge in [0.1, 0.15) is 0 Å². The molecule has 1 heterocycles. The van der Waals surface area contributed by atoms with Crippen LogP contribution in [0, 0.1) is 0 Å². The lowest BCUT2D eigenvalue weighted by atomic mass is 10.2. The Labute approximate surface area is 101 Å². The van der Waals surface area contributed by atoms with Crippen molar-refractivity contribution in [2.45, 2.75) is 19.9 Å². The molecule has 0 bridgehead atoms. The SMILES string of the molecule is C=CCN(C(=O)c1ccncc1Cl)C(C)C. The molecule has 86 valence electrons. The van der Waals surface area contributed by atoms with E-state index >= 15 is 0 Å². The van der Waals surface area contributed by atoms with Gasteiger partial charge >= 0.3 is 0 Å². The zero-order valence-electron chi connectivity index (χ0n) is 9.48. The molecule has 16 heavy (non-hydrogen) atoms. The molecule has 0 saturated heterocycles. The van der Waals surface area contributed by atoms with Crippen molar-refractivity contribution < 1.29 is 4.79 Å². The second-order valence-electron chi connectivity index (χ2n) is 3.70. The van der Waals surface area contributed by atoms with Gasteiger partial charge in [-0.1, -0.05) is 17.7 Å². The Hall–Kier alpha value is -1.35. The summed E-state index contributed by atoms with van der Waals surface area (Å²) in [6.45, 7) is 8.06. The van der Waals surface area contributed by atoms with Gasteiger partial charge in [0, 0.05) is 25.0 Å². The summed E-state index contributed by atoms with van der Waals surface area (Å²) in [5.41, 5.74) is 0.479. The van der Waals surface area contributed by atoms with Crippen LogP contribution in [0.1, 0.15) is 24.2 Å². The number of carbonyl (C=O) groups excluding carboxylic acids is 1. The maximum Gasteiger partial charge on any atom is 0.255 e. The third-order valence-electron chi connectivity index (χ3n) is 2.21. The third kappa shape index (κ3) is 2.83. The number of pyridine rings is 1. The third-order valence-corrected chi connectivity index (χ3v) is 2.51. The standard InChI is InChI=1S/C12H15ClN2O/c1-4-7-15(9(2)3)12(16)10-5-6-14-8-11(10)13/h4-6,8-9H,1,7H2,2-3H3. The van der Waals surface area contributed by atoms with Crippen molar-refractivity contribution in [2.75, 3.05) is 6.54 Å². The van der Waals surface area contributed by atoms with Crippen LogP contribution in [0.5, 0.6) is 0 Å². The lowest BCUT2D eigenvalue weighted by Gasteiger charge is -2.25. The Morgan fingerprint density at radius 1 is 1.69 bits per heavy atom. The fraction of sp³-hybridized carbons (Fsp3) is 0.333. The van der Waals surface area contributed by atoms with Crippen LogP contribution < -0.4 is 0 Å². The first-order valence-corrected chi connectivity index (χ1v) is 5.47. The molecule has 0 atom stereocenters. The van der Waals surface area contributed by atoms with E-state index in [1.807, 2.05) is 13.8 Å². The molecule has 0 aliphatic rings. The molecule has 1 amide bonds. The van der Waals surface area contributed by atoms with E-state index in [0.717, 1.165) is 0 Å². The van der Waals surface area contributed by atoms with Gasteiger partial charge in [-0.3, -0.25) is 9.78 Å². The molecular weight excluding hydrogens is 224 g/mol. The van der Waals surface area contributed by atoms with Crippen LogP contribution in [0.15, 0.2) is 31.1 Å². The molecule has 0 aromatic carbocycles. The molecule has 0 saturated carbocycles. The zero-order chi connectivity index (χ0) is 12.1. The minimum absolute atomic E-state index is 0.0951. The van der Waals surface area contributed by atoms with E-state index in [1.165, 1.54) is 6.20 Å². The highest BCUT2D eigenvalue weighted by molar-refractivity contribution is 6.33. The first-order chi connectivity index (χ1) is 7.57. The Kier molecular flexibility index (Phi) is 4.50. The molecule has 1 aromatic heterocycles. The maximum absolute atomic E-state index is 12.2. The summed E-state index contributed by atoms with van der Waals surface area (Å²) in [4.78, 5) is 17.7. The molecule has 4 heteroatoms. The Balaban J connectivity index is 2.99. The molecule has 0 N–H and O–H groups in total. The minimum atomic E-state index is -0.0951. The molecule has 0 aliphatic carbocycles. The van der Waals surface area contributed by atoms with Gasteiger partial charge in [-0.15, -0.1) is 6.58 Å². The predicted molar refractivity (Wildman–Crippen MR) is 65.6 cm³/mol. The highest BCUT2D eigenvalue weighted by Crippen LogP contribution is 2.17. The molecule has 0 aliphatic heterocycles. The van der Waals surface area contributed by atoms with Gasteiger partial charge in [-0.25, -0.2) is 0 Å². The Morgan fingerprint density at radius 2 is 2.38 bits per heavy atom. The molecule has 1 rings (SSSR count). The van der Waals surface area contributed by atoms with Gasteiger partial charge in [0.05, 0.1) is 10.6 Å². The van der Waals surface area contributed by atoms with E-state index in [1.54, 1.807) is 23.2 Å². The summed E-state index contributed by atoms with van der Waals surface area (Å²) in [7, 11) is 0. The first kappa shape index (κ1) is 12.7. The Bertz CT molecular complexity index is 390. The second kappa shape index (κ2) is 5.66. The summed E-state index contributed by atoms with van der Waals surface area (Å²) in [6.07, 6.45) is 4.74. The number of halogens is 1. The predicted octanol–water partition coefficient (Wildman–Crippen LogP) is 2.77. The average molecular weight is 239 g/mol. The van der Waals surface area contributed by atoms with Crippen molar-refractivity contribution in [3.63, 3.8) is 0 Å². The first-order valence-electron chi connectivity index (χ1n) is 5.09. The van der Waals surface area contributed by atoms with E-state index in [-0.39, 0.29) is 11.9 Å².